The number of aromatic carboxylic acids is 1. The van der Waals surface area contributed by atoms with Crippen molar-refractivity contribution in [2.45, 2.75) is 52.6 Å². The summed E-state index contributed by atoms with van der Waals surface area (Å²) in [7, 11) is 0. The number of imidazole rings is 1. The minimum absolute atomic E-state index is 0.213. The van der Waals surface area contributed by atoms with Crippen LogP contribution in [0.4, 0.5) is 4.79 Å². The highest BCUT2D eigenvalue weighted by Gasteiger charge is 2.17. The molecule has 0 unspecified atom stereocenters. The molecule has 7 nitrogen and oxygen atoms in total. The van der Waals surface area contributed by atoms with Gasteiger partial charge in [-0.1, -0.05) is 74.3 Å². The molecule has 0 atom stereocenters. The van der Waals surface area contributed by atoms with Crippen LogP contribution in [0.2, 0.25) is 5.15 Å². The first-order chi connectivity index (χ1) is 16.4. The van der Waals surface area contributed by atoms with Crippen LogP contribution in [0.5, 0.6) is 0 Å². The third-order valence-corrected chi connectivity index (χ3v) is 5.76. The highest BCUT2D eigenvalue weighted by atomic mass is 35.5. The van der Waals surface area contributed by atoms with Crippen molar-refractivity contribution in [3.8, 4) is 11.1 Å². The number of carbonyl (C=O) groups excluding carboxylic acids is 1. The van der Waals surface area contributed by atoms with Crippen molar-refractivity contribution in [3.63, 3.8) is 0 Å². The van der Waals surface area contributed by atoms with Crippen molar-refractivity contribution in [2.75, 3.05) is 6.61 Å². The standard InChI is InChI=1S/C26H30ClN3O4/c1-3-5-10-23-29-24(27)22(16-28-26(33)34-15-4-2)30(23)17-18-11-13-19(14-12-18)20-8-6-7-9-21(20)25(31)32/h6-9,11-14H,3-5,10,15-17H2,1-2H3,(H,28,33)(H,31,32). The molecule has 0 aliphatic rings. The first-order valence-electron chi connectivity index (χ1n) is 11.5. The average molecular weight is 484 g/mol. The van der Waals surface area contributed by atoms with Gasteiger partial charge in [-0.25, -0.2) is 14.6 Å². The summed E-state index contributed by atoms with van der Waals surface area (Å²) < 4.78 is 7.14. The number of nitrogens with one attached hydrogen (secondary N) is 1. The Labute approximate surface area is 204 Å². The molecule has 0 bridgehead atoms. The van der Waals surface area contributed by atoms with Gasteiger partial charge in [-0.05, 0) is 35.6 Å². The zero-order valence-electron chi connectivity index (χ0n) is 19.5. The Morgan fingerprint density at radius 2 is 1.82 bits per heavy atom. The van der Waals surface area contributed by atoms with Crippen LogP contribution in [-0.4, -0.2) is 33.3 Å². The van der Waals surface area contributed by atoms with E-state index in [1.54, 1.807) is 18.2 Å². The summed E-state index contributed by atoms with van der Waals surface area (Å²) in [4.78, 5) is 28.1. The van der Waals surface area contributed by atoms with E-state index in [-0.39, 0.29) is 12.1 Å². The number of ether oxygens (including phenoxy) is 1. The molecule has 3 rings (SSSR count). The second kappa shape index (κ2) is 12.2. The number of aryl methyl sites for hydroxylation is 1. The lowest BCUT2D eigenvalue weighted by atomic mass is 9.99. The molecule has 2 N–H and O–H groups in total. The Balaban J connectivity index is 1.84. The highest BCUT2D eigenvalue weighted by Crippen LogP contribution is 2.26. The molecular formula is C26H30ClN3O4. The van der Waals surface area contributed by atoms with Crippen LogP contribution >= 0.6 is 11.6 Å². The quantitative estimate of drug-likeness (QED) is 0.352. The van der Waals surface area contributed by atoms with Gasteiger partial charge >= 0.3 is 12.1 Å². The second-order valence-electron chi connectivity index (χ2n) is 7.99. The predicted molar refractivity (Wildman–Crippen MR) is 132 cm³/mol. The van der Waals surface area contributed by atoms with Gasteiger partial charge in [0.2, 0.25) is 0 Å². The van der Waals surface area contributed by atoms with E-state index >= 15 is 0 Å². The van der Waals surface area contributed by atoms with E-state index in [0.29, 0.717) is 23.9 Å². The molecule has 3 aromatic rings. The van der Waals surface area contributed by atoms with E-state index < -0.39 is 12.1 Å². The minimum Gasteiger partial charge on any atom is -0.478 e. The van der Waals surface area contributed by atoms with Crippen molar-refractivity contribution in [2.24, 2.45) is 0 Å². The number of unbranched alkanes of at least 4 members (excludes halogenated alkanes) is 1. The van der Waals surface area contributed by atoms with Gasteiger partial charge in [0.05, 0.1) is 24.4 Å². The molecule has 1 amide bonds. The third-order valence-electron chi connectivity index (χ3n) is 5.46. The maximum Gasteiger partial charge on any atom is 0.407 e. The van der Waals surface area contributed by atoms with Crippen LogP contribution in [0.25, 0.3) is 11.1 Å². The molecule has 8 heteroatoms. The number of nitrogens with zero attached hydrogens (tertiary/aromatic N) is 2. The Bertz CT molecular complexity index is 1130. The van der Waals surface area contributed by atoms with Crippen LogP contribution in [0.3, 0.4) is 0 Å². The van der Waals surface area contributed by atoms with E-state index in [1.165, 1.54) is 0 Å². The van der Waals surface area contributed by atoms with E-state index in [1.807, 2.05) is 41.8 Å². The van der Waals surface area contributed by atoms with E-state index in [9.17, 15) is 14.7 Å². The molecule has 1 aromatic heterocycles. The molecule has 34 heavy (non-hydrogen) atoms. The van der Waals surface area contributed by atoms with Gasteiger partial charge in [-0.2, -0.15) is 0 Å². The lowest BCUT2D eigenvalue weighted by molar-refractivity contribution is 0.0697. The third kappa shape index (κ3) is 6.38. The maximum absolute atomic E-state index is 11.9. The second-order valence-corrected chi connectivity index (χ2v) is 8.35. The van der Waals surface area contributed by atoms with Crippen LogP contribution in [0.1, 0.15) is 60.5 Å². The number of aromatic nitrogens is 2. The Hall–Kier alpha value is -3.32. The van der Waals surface area contributed by atoms with Crippen LogP contribution in [0.15, 0.2) is 48.5 Å². The summed E-state index contributed by atoms with van der Waals surface area (Å²) in [5, 5.41) is 12.6. The van der Waals surface area contributed by atoms with Crippen molar-refractivity contribution in [1.29, 1.82) is 0 Å². The molecule has 0 saturated carbocycles. The fourth-order valence-corrected chi connectivity index (χ4v) is 3.95. The number of hydrogen-bond donors (Lipinski definition) is 2. The molecule has 0 aliphatic heterocycles. The minimum atomic E-state index is -0.956. The zero-order valence-corrected chi connectivity index (χ0v) is 20.3. The fraction of sp³-hybridized carbons (Fsp3) is 0.346. The topological polar surface area (TPSA) is 93.5 Å². The van der Waals surface area contributed by atoms with E-state index in [0.717, 1.165) is 48.3 Å². The Morgan fingerprint density at radius 3 is 2.50 bits per heavy atom. The number of halogens is 1. The summed E-state index contributed by atoms with van der Waals surface area (Å²) in [6.45, 7) is 5.16. The molecule has 0 spiro atoms. The zero-order chi connectivity index (χ0) is 24.5. The van der Waals surface area contributed by atoms with Gasteiger partial charge in [-0.3, -0.25) is 0 Å². The first-order valence-corrected chi connectivity index (χ1v) is 11.9. The number of carboxylic acid groups (broad SMARTS) is 1. The number of rotatable bonds is 11. The van der Waals surface area contributed by atoms with Gasteiger partial charge in [0.1, 0.15) is 5.82 Å². The van der Waals surface area contributed by atoms with Crippen LogP contribution < -0.4 is 5.32 Å². The number of hydrogen-bond acceptors (Lipinski definition) is 4. The lowest BCUT2D eigenvalue weighted by Crippen LogP contribution is -2.26. The van der Waals surface area contributed by atoms with Crippen molar-refractivity contribution < 1.29 is 19.4 Å². The lowest BCUT2D eigenvalue weighted by Gasteiger charge is -2.14. The summed E-state index contributed by atoms with van der Waals surface area (Å²) in [6, 6.07) is 14.7. The molecular weight excluding hydrogens is 454 g/mol. The average Bonchev–Trinajstić information content (AvgIpc) is 3.14. The SMILES string of the molecule is CCCCc1nc(Cl)c(CNC(=O)OCCC)n1Cc1ccc(-c2ccccc2C(=O)O)cc1. The van der Waals surface area contributed by atoms with E-state index in [2.05, 4.69) is 17.2 Å². The molecule has 0 aliphatic carbocycles. The molecule has 0 radical (unpaired) electrons. The van der Waals surface area contributed by atoms with Gasteiger partial charge in [-0.15, -0.1) is 0 Å². The van der Waals surface area contributed by atoms with E-state index in [4.69, 9.17) is 16.3 Å². The van der Waals surface area contributed by atoms with Gasteiger partial charge in [0.25, 0.3) is 0 Å². The van der Waals surface area contributed by atoms with Gasteiger partial charge in [0.15, 0.2) is 5.15 Å². The first kappa shape index (κ1) is 25.3. The molecule has 2 aromatic carbocycles. The number of benzene rings is 2. The maximum atomic E-state index is 11.9. The normalized spacial score (nSPS) is 10.8. The number of carbonyl (C=O) groups is 2. The summed E-state index contributed by atoms with van der Waals surface area (Å²) in [5.41, 5.74) is 3.50. The fourth-order valence-electron chi connectivity index (χ4n) is 3.68. The number of alkyl carbamates (subject to hydrolysis) is 1. The van der Waals surface area contributed by atoms with Gasteiger partial charge in [0, 0.05) is 13.0 Å². The van der Waals surface area contributed by atoms with Crippen molar-refractivity contribution >= 4 is 23.7 Å². The smallest absolute Gasteiger partial charge is 0.407 e. The van der Waals surface area contributed by atoms with Crippen molar-refractivity contribution in [3.05, 3.63) is 76.3 Å². The Morgan fingerprint density at radius 1 is 1.09 bits per heavy atom. The number of amides is 1. The summed E-state index contributed by atoms with van der Waals surface area (Å²) in [5.74, 6) is -0.0891. The number of carboxylic acids is 1. The van der Waals surface area contributed by atoms with Crippen LogP contribution in [-0.2, 0) is 24.2 Å². The van der Waals surface area contributed by atoms with Crippen molar-refractivity contribution in [1.82, 2.24) is 14.9 Å². The molecule has 180 valence electrons. The highest BCUT2D eigenvalue weighted by molar-refractivity contribution is 6.30. The molecule has 0 saturated heterocycles. The monoisotopic (exact) mass is 483 g/mol. The predicted octanol–water partition coefficient (Wildman–Crippen LogP) is 5.93. The molecule has 0 fully saturated rings. The summed E-state index contributed by atoms with van der Waals surface area (Å²) in [6.07, 6.45) is 3.05. The summed E-state index contributed by atoms with van der Waals surface area (Å²) >= 11 is 6.46. The van der Waals surface area contributed by atoms with Gasteiger partial charge < -0.3 is 19.7 Å². The van der Waals surface area contributed by atoms with Crippen LogP contribution in [0, 0.1) is 0 Å². The molecule has 1 heterocycles. The largest absolute Gasteiger partial charge is 0.478 e. The Kier molecular flexibility index (Phi) is 9.10.